The lowest BCUT2D eigenvalue weighted by Gasteiger charge is -2.26. The van der Waals surface area contributed by atoms with Gasteiger partial charge >= 0.3 is 0 Å². The van der Waals surface area contributed by atoms with Crippen molar-refractivity contribution < 1.29 is 13.9 Å². The monoisotopic (exact) mass is 381 g/mol. The third kappa shape index (κ3) is 4.51. The van der Waals surface area contributed by atoms with Gasteiger partial charge in [0.15, 0.2) is 0 Å². The number of benzene rings is 2. The van der Waals surface area contributed by atoms with Crippen molar-refractivity contribution in [2.45, 2.75) is 25.5 Å². The zero-order valence-corrected chi connectivity index (χ0v) is 15.1. The Morgan fingerprint density at radius 1 is 1.24 bits per heavy atom. The van der Waals surface area contributed by atoms with E-state index in [4.69, 9.17) is 27.9 Å². The quantitative estimate of drug-likeness (QED) is 0.732. The van der Waals surface area contributed by atoms with Crippen LogP contribution < -0.4 is 0 Å². The molecular formula is C19H18Cl2FNO2. The van der Waals surface area contributed by atoms with Gasteiger partial charge in [-0.25, -0.2) is 4.39 Å². The number of hydrogen-bond acceptors (Lipinski definition) is 2. The van der Waals surface area contributed by atoms with Gasteiger partial charge in [-0.1, -0.05) is 41.4 Å². The molecule has 0 saturated carbocycles. The number of ether oxygens (including phenoxy) is 1. The average Bonchev–Trinajstić information content (AvgIpc) is 3.09. The van der Waals surface area contributed by atoms with E-state index >= 15 is 0 Å². The maximum atomic E-state index is 14.0. The molecule has 3 nitrogen and oxygen atoms in total. The normalized spacial score (nSPS) is 16.8. The molecule has 0 aliphatic carbocycles. The van der Waals surface area contributed by atoms with Crippen LogP contribution in [0.4, 0.5) is 4.39 Å². The molecule has 2 aromatic carbocycles. The smallest absolute Gasteiger partial charge is 0.255 e. The molecule has 1 atom stereocenters. The second-order valence-electron chi connectivity index (χ2n) is 6.04. The van der Waals surface area contributed by atoms with Crippen molar-refractivity contribution in [3.8, 4) is 0 Å². The van der Waals surface area contributed by atoms with E-state index in [9.17, 15) is 9.18 Å². The first-order valence-electron chi connectivity index (χ1n) is 8.14. The molecule has 0 N–H and O–H groups in total. The third-order valence-corrected chi connectivity index (χ3v) is 4.76. The van der Waals surface area contributed by atoms with E-state index < -0.39 is 0 Å². The summed E-state index contributed by atoms with van der Waals surface area (Å²) in [6.45, 7) is 1.24. The van der Waals surface area contributed by atoms with Crippen LogP contribution in [0.25, 0.3) is 0 Å². The van der Waals surface area contributed by atoms with Gasteiger partial charge in [-0.3, -0.25) is 4.79 Å². The molecule has 0 aromatic heterocycles. The zero-order valence-electron chi connectivity index (χ0n) is 13.6. The van der Waals surface area contributed by atoms with Gasteiger partial charge < -0.3 is 9.64 Å². The summed E-state index contributed by atoms with van der Waals surface area (Å²) in [6.07, 6.45) is 1.81. The highest BCUT2D eigenvalue weighted by atomic mass is 35.5. The molecule has 2 aromatic rings. The number of carbonyl (C=O) groups is 1. The summed E-state index contributed by atoms with van der Waals surface area (Å²) < 4.78 is 19.7. The summed E-state index contributed by atoms with van der Waals surface area (Å²) in [7, 11) is 0. The molecule has 3 rings (SSSR count). The minimum Gasteiger partial charge on any atom is -0.376 e. The second kappa shape index (κ2) is 8.17. The number of nitrogens with zero attached hydrogens (tertiary/aromatic N) is 1. The lowest BCUT2D eigenvalue weighted by Crippen LogP contribution is -2.37. The first-order chi connectivity index (χ1) is 12.0. The van der Waals surface area contributed by atoms with Gasteiger partial charge in [0.1, 0.15) is 5.82 Å². The van der Waals surface area contributed by atoms with E-state index in [1.807, 2.05) is 0 Å². The minimum atomic E-state index is -0.338. The lowest BCUT2D eigenvalue weighted by molar-refractivity contribution is 0.0505. The van der Waals surface area contributed by atoms with Crippen LogP contribution in [-0.4, -0.2) is 30.1 Å². The highest BCUT2D eigenvalue weighted by molar-refractivity contribution is 6.36. The fraction of sp³-hybridized carbons (Fsp3) is 0.316. The van der Waals surface area contributed by atoms with Crippen LogP contribution >= 0.6 is 23.2 Å². The number of rotatable bonds is 5. The van der Waals surface area contributed by atoms with Crippen LogP contribution in [0.15, 0.2) is 42.5 Å². The Kier molecular flexibility index (Phi) is 5.94. The van der Waals surface area contributed by atoms with Crippen LogP contribution in [0.2, 0.25) is 10.0 Å². The number of hydrogen-bond donors (Lipinski definition) is 0. The van der Waals surface area contributed by atoms with Gasteiger partial charge in [-0.15, -0.1) is 0 Å². The molecule has 1 saturated heterocycles. The predicted octanol–water partition coefficient (Wildman–Crippen LogP) is 4.95. The second-order valence-corrected chi connectivity index (χ2v) is 6.88. The van der Waals surface area contributed by atoms with Gasteiger partial charge in [0, 0.05) is 30.3 Å². The molecule has 0 radical (unpaired) electrons. The summed E-state index contributed by atoms with van der Waals surface area (Å²) in [5.74, 6) is -0.602. The van der Waals surface area contributed by atoms with E-state index in [0.717, 1.165) is 12.8 Å². The Balaban J connectivity index is 1.86. The highest BCUT2D eigenvalue weighted by Crippen LogP contribution is 2.24. The molecule has 0 bridgehead atoms. The molecule has 1 aliphatic heterocycles. The van der Waals surface area contributed by atoms with Crippen molar-refractivity contribution in [1.29, 1.82) is 0 Å². The number of carbonyl (C=O) groups excluding carboxylic acids is 1. The van der Waals surface area contributed by atoms with E-state index in [1.54, 1.807) is 35.2 Å². The van der Waals surface area contributed by atoms with Crippen molar-refractivity contribution >= 4 is 29.1 Å². The van der Waals surface area contributed by atoms with Crippen LogP contribution in [0.5, 0.6) is 0 Å². The fourth-order valence-electron chi connectivity index (χ4n) is 2.92. The average molecular weight is 382 g/mol. The zero-order chi connectivity index (χ0) is 17.8. The Morgan fingerprint density at radius 2 is 2.04 bits per heavy atom. The van der Waals surface area contributed by atoms with Gasteiger partial charge in [-0.2, -0.15) is 0 Å². The maximum Gasteiger partial charge on any atom is 0.255 e. The molecule has 1 aliphatic rings. The van der Waals surface area contributed by atoms with Crippen LogP contribution in [0.1, 0.15) is 28.8 Å². The highest BCUT2D eigenvalue weighted by Gasteiger charge is 2.25. The molecule has 132 valence electrons. The van der Waals surface area contributed by atoms with Crippen molar-refractivity contribution in [3.63, 3.8) is 0 Å². The Bertz CT molecular complexity index is 763. The molecule has 1 fully saturated rings. The van der Waals surface area contributed by atoms with Crippen LogP contribution in [0.3, 0.4) is 0 Å². The SMILES string of the molecule is O=C(c1ccc(Cl)cc1Cl)N(Cc1ccccc1F)CC1CCCO1. The minimum absolute atomic E-state index is 0.0400. The fourth-order valence-corrected chi connectivity index (χ4v) is 3.41. The molecule has 0 spiro atoms. The van der Waals surface area contributed by atoms with Gasteiger partial charge in [0.25, 0.3) is 5.91 Å². The van der Waals surface area contributed by atoms with Crippen molar-refractivity contribution in [2.24, 2.45) is 0 Å². The summed E-state index contributed by atoms with van der Waals surface area (Å²) in [4.78, 5) is 14.6. The Hall–Kier alpha value is -1.62. The van der Waals surface area contributed by atoms with Gasteiger partial charge in [-0.05, 0) is 37.1 Å². The molecule has 1 amide bonds. The molecule has 6 heteroatoms. The molecule has 1 heterocycles. The van der Waals surface area contributed by atoms with Crippen molar-refractivity contribution in [3.05, 3.63) is 69.5 Å². The van der Waals surface area contributed by atoms with E-state index in [0.29, 0.717) is 29.3 Å². The standard InChI is InChI=1S/C19H18Cl2FNO2/c20-14-7-8-16(17(21)10-14)19(24)23(12-15-5-3-9-25-15)11-13-4-1-2-6-18(13)22/h1-2,4,6-8,10,15H,3,5,9,11-12H2. The topological polar surface area (TPSA) is 29.5 Å². The van der Waals surface area contributed by atoms with Gasteiger partial charge in [0.2, 0.25) is 0 Å². The molecular weight excluding hydrogens is 364 g/mol. The van der Waals surface area contributed by atoms with E-state index in [-0.39, 0.29) is 29.4 Å². The summed E-state index contributed by atoms with van der Waals surface area (Å²) >= 11 is 12.1. The molecule has 1 unspecified atom stereocenters. The summed E-state index contributed by atoms with van der Waals surface area (Å²) in [5, 5.41) is 0.740. The van der Waals surface area contributed by atoms with E-state index in [1.165, 1.54) is 12.1 Å². The van der Waals surface area contributed by atoms with Crippen LogP contribution in [0, 0.1) is 5.82 Å². The van der Waals surface area contributed by atoms with E-state index in [2.05, 4.69) is 0 Å². The largest absolute Gasteiger partial charge is 0.376 e. The first-order valence-corrected chi connectivity index (χ1v) is 8.89. The van der Waals surface area contributed by atoms with Gasteiger partial charge in [0.05, 0.1) is 16.7 Å². The summed E-state index contributed by atoms with van der Waals surface area (Å²) in [6, 6.07) is 11.2. The lowest BCUT2D eigenvalue weighted by atomic mass is 10.1. The molecule has 25 heavy (non-hydrogen) atoms. The van der Waals surface area contributed by atoms with Crippen molar-refractivity contribution in [1.82, 2.24) is 4.90 Å². The third-order valence-electron chi connectivity index (χ3n) is 4.22. The first kappa shape index (κ1) is 18.2. The Morgan fingerprint density at radius 3 is 2.72 bits per heavy atom. The summed E-state index contributed by atoms with van der Waals surface area (Å²) in [5.41, 5.74) is 0.805. The maximum absolute atomic E-state index is 14.0. The number of amides is 1. The van der Waals surface area contributed by atoms with Crippen molar-refractivity contribution in [2.75, 3.05) is 13.2 Å². The van der Waals surface area contributed by atoms with Crippen LogP contribution in [-0.2, 0) is 11.3 Å². The number of halogens is 3. The Labute approximate surface area is 156 Å². The predicted molar refractivity (Wildman–Crippen MR) is 96.6 cm³/mol.